The van der Waals surface area contributed by atoms with Crippen molar-refractivity contribution < 1.29 is 9.53 Å². The van der Waals surface area contributed by atoms with Crippen molar-refractivity contribution in [2.45, 2.75) is 39.8 Å². The molecule has 0 fully saturated rings. The van der Waals surface area contributed by atoms with Gasteiger partial charge in [0.15, 0.2) is 0 Å². The maximum atomic E-state index is 11.6. The van der Waals surface area contributed by atoms with Crippen molar-refractivity contribution in [3.63, 3.8) is 0 Å². The van der Waals surface area contributed by atoms with E-state index in [-0.39, 0.29) is 12.0 Å². The van der Waals surface area contributed by atoms with E-state index >= 15 is 0 Å². The van der Waals surface area contributed by atoms with Gasteiger partial charge in [0, 0.05) is 16.3 Å². The number of esters is 1. The summed E-state index contributed by atoms with van der Waals surface area (Å²) >= 11 is 1.75. The second-order valence-electron chi connectivity index (χ2n) is 4.60. The molecule has 0 radical (unpaired) electrons. The summed E-state index contributed by atoms with van der Waals surface area (Å²) in [7, 11) is 1.44. The Kier molecular flexibility index (Phi) is 5.65. The molecule has 0 saturated heterocycles. The lowest BCUT2D eigenvalue weighted by atomic mass is 10.0. The molecule has 1 atom stereocenters. The Hall–Kier alpha value is -0.870. The Morgan fingerprint density at radius 3 is 2.65 bits per heavy atom. The van der Waals surface area contributed by atoms with E-state index in [0.29, 0.717) is 5.92 Å². The first-order chi connectivity index (χ1) is 8.02. The van der Waals surface area contributed by atoms with Crippen LogP contribution in [0.4, 0.5) is 0 Å². The Labute approximate surface area is 107 Å². The highest BCUT2D eigenvalue weighted by Crippen LogP contribution is 2.15. The fourth-order valence-electron chi connectivity index (χ4n) is 1.68. The second kappa shape index (κ2) is 6.77. The minimum Gasteiger partial charge on any atom is -0.468 e. The van der Waals surface area contributed by atoms with Crippen LogP contribution < -0.4 is 5.32 Å². The largest absolute Gasteiger partial charge is 0.468 e. The third kappa shape index (κ3) is 4.88. The van der Waals surface area contributed by atoms with Crippen molar-refractivity contribution in [2.24, 2.45) is 5.92 Å². The van der Waals surface area contributed by atoms with Gasteiger partial charge in [0.2, 0.25) is 0 Å². The van der Waals surface area contributed by atoms with Crippen LogP contribution in [0.15, 0.2) is 12.1 Å². The number of carbonyl (C=O) groups excluding carboxylic acids is 1. The number of nitrogens with one attached hydrogen (secondary N) is 1. The van der Waals surface area contributed by atoms with E-state index in [1.165, 1.54) is 16.9 Å². The number of ether oxygens (including phenoxy) is 1. The summed E-state index contributed by atoms with van der Waals surface area (Å²) in [5.74, 6) is 0.295. The molecule has 1 aromatic heterocycles. The number of rotatable bonds is 6. The fourth-order valence-corrected chi connectivity index (χ4v) is 2.52. The fraction of sp³-hybridized carbons (Fsp3) is 0.615. The van der Waals surface area contributed by atoms with E-state index in [4.69, 9.17) is 4.74 Å². The number of thiophene rings is 1. The van der Waals surface area contributed by atoms with Gasteiger partial charge in [0.05, 0.1) is 7.11 Å². The van der Waals surface area contributed by atoms with E-state index in [1.807, 2.05) is 0 Å². The van der Waals surface area contributed by atoms with Crippen LogP contribution >= 0.6 is 11.3 Å². The Morgan fingerprint density at radius 1 is 1.47 bits per heavy atom. The van der Waals surface area contributed by atoms with E-state index < -0.39 is 0 Å². The molecule has 1 N–H and O–H groups in total. The molecule has 17 heavy (non-hydrogen) atoms. The highest BCUT2D eigenvalue weighted by molar-refractivity contribution is 7.11. The summed E-state index contributed by atoms with van der Waals surface area (Å²) in [6.07, 6.45) is 0.803. The smallest absolute Gasteiger partial charge is 0.322 e. The molecular formula is C13H21NO2S. The maximum absolute atomic E-state index is 11.6. The van der Waals surface area contributed by atoms with E-state index in [2.05, 4.69) is 38.2 Å². The van der Waals surface area contributed by atoms with Crippen LogP contribution in [0.1, 0.15) is 30.0 Å². The van der Waals surface area contributed by atoms with Gasteiger partial charge in [-0.2, -0.15) is 0 Å². The van der Waals surface area contributed by atoms with E-state index in [1.54, 1.807) is 11.3 Å². The van der Waals surface area contributed by atoms with Gasteiger partial charge in [0.25, 0.3) is 0 Å². The van der Waals surface area contributed by atoms with Crippen molar-refractivity contribution in [3.8, 4) is 0 Å². The van der Waals surface area contributed by atoms with Gasteiger partial charge in [-0.15, -0.1) is 11.3 Å². The lowest BCUT2D eigenvalue weighted by molar-refractivity contribution is -0.143. The van der Waals surface area contributed by atoms with Crippen molar-refractivity contribution in [3.05, 3.63) is 21.9 Å². The summed E-state index contributed by atoms with van der Waals surface area (Å²) in [4.78, 5) is 14.1. The summed E-state index contributed by atoms with van der Waals surface area (Å²) in [6.45, 7) is 7.02. The SMILES string of the molecule is COC(=O)C(CC(C)C)NCc1ccc(C)s1. The molecule has 0 aliphatic carbocycles. The predicted molar refractivity (Wildman–Crippen MR) is 71.2 cm³/mol. The zero-order chi connectivity index (χ0) is 12.8. The predicted octanol–water partition coefficient (Wildman–Crippen LogP) is 2.73. The third-order valence-electron chi connectivity index (χ3n) is 2.51. The molecule has 1 rings (SSSR count). The van der Waals surface area contributed by atoms with E-state index in [9.17, 15) is 4.79 Å². The molecule has 3 nitrogen and oxygen atoms in total. The molecule has 0 aliphatic rings. The molecule has 4 heteroatoms. The highest BCUT2D eigenvalue weighted by Gasteiger charge is 2.19. The van der Waals surface area contributed by atoms with Gasteiger partial charge < -0.3 is 4.74 Å². The number of aryl methyl sites for hydroxylation is 1. The Morgan fingerprint density at radius 2 is 2.18 bits per heavy atom. The molecule has 96 valence electrons. The molecule has 0 aliphatic heterocycles. The first-order valence-corrected chi connectivity index (χ1v) is 6.71. The molecule has 0 amide bonds. The quantitative estimate of drug-likeness (QED) is 0.794. The molecule has 1 unspecified atom stereocenters. The van der Waals surface area contributed by atoms with Crippen molar-refractivity contribution >= 4 is 17.3 Å². The average Bonchev–Trinajstić information content (AvgIpc) is 2.68. The minimum absolute atomic E-state index is 0.174. The zero-order valence-corrected chi connectivity index (χ0v) is 11.8. The number of carbonyl (C=O) groups is 1. The van der Waals surface area contributed by atoms with Crippen LogP contribution in [-0.2, 0) is 16.1 Å². The van der Waals surface area contributed by atoms with Crippen molar-refractivity contribution in [1.29, 1.82) is 0 Å². The summed E-state index contributed by atoms with van der Waals surface area (Å²) in [5.41, 5.74) is 0. The highest BCUT2D eigenvalue weighted by atomic mass is 32.1. The lowest BCUT2D eigenvalue weighted by Crippen LogP contribution is -2.38. The van der Waals surface area contributed by atoms with Gasteiger partial charge in [-0.1, -0.05) is 13.8 Å². The molecule has 0 saturated carbocycles. The minimum atomic E-state index is -0.206. The molecular weight excluding hydrogens is 234 g/mol. The van der Waals surface area contributed by atoms with Crippen LogP contribution in [0.5, 0.6) is 0 Å². The van der Waals surface area contributed by atoms with Crippen molar-refractivity contribution in [1.82, 2.24) is 5.32 Å². The summed E-state index contributed by atoms with van der Waals surface area (Å²) in [5, 5.41) is 3.27. The van der Waals surface area contributed by atoms with Gasteiger partial charge in [-0.05, 0) is 31.4 Å². The average molecular weight is 255 g/mol. The summed E-state index contributed by atoms with van der Waals surface area (Å²) in [6, 6.07) is 3.98. The first kappa shape index (κ1) is 14.2. The molecule has 0 spiro atoms. The second-order valence-corrected chi connectivity index (χ2v) is 5.97. The van der Waals surface area contributed by atoms with Gasteiger partial charge >= 0.3 is 5.97 Å². The standard InChI is InChI=1S/C13H21NO2S/c1-9(2)7-12(13(15)16-4)14-8-11-6-5-10(3)17-11/h5-6,9,12,14H,7-8H2,1-4H3. The monoisotopic (exact) mass is 255 g/mol. The number of hydrogen-bond donors (Lipinski definition) is 1. The normalized spacial score (nSPS) is 12.8. The van der Waals surface area contributed by atoms with Crippen molar-refractivity contribution in [2.75, 3.05) is 7.11 Å². The zero-order valence-electron chi connectivity index (χ0n) is 10.9. The number of methoxy groups -OCH3 is 1. The summed E-state index contributed by atoms with van der Waals surface area (Å²) < 4.78 is 4.81. The Bertz CT molecular complexity index is 360. The van der Waals surface area contributed by atoms with Crippen LogP contribution in [0.2, 0.25) is 0 Å². The topological polar surface area (TPSA) is 38.3 Å². The molecule has 0 bridgehead atoms. The van der Waals surface area contributed by atoms with Crippen LogP contribution in [0.25, 0.3) is 0 Å². The molecule has 0 aromatic carbocycles. The van der Waals surface area contributed by atoms with E-state index in [0.717, 1.165) is 13.0 Å². The van der Waals surface area contributed by atoms with Crippen LogP contribution in [0.3, 0.4) is 0 Å². The molecule has 1 aromatic rings. The first-order valence-electron chi connectivity index (χ1n) is 5.89. The maximum Gasteiger partial charge on any atom is 0.322 e. The Balaban J connectivity index is 2.51. The third-order valence-corrected chi connectivity index (χ3v) is 3.51. The van der Waals surface area contributed by atoms with Gasteiger partial charge in [-0.3, -0.25) is 10.1 Å². The molecule has 1 heterocycles. The lowest BCUT2D eigenvalue weighted by Gasteiger charge is -2.17. The van der Waals surface area contributed by atoms with Crippen LogP contribution in [0, 0.1) is 12.8 Å². The van der Waals surface area contributed by atoms with Gasteiger partial charge in [0.1, 0.15) is 6.04 Å². The van der Waals surface area contributed by atoms with Crippen LogP contribution in [-0.4, -0.2) is 19.1 Å². The van der Waals surface area contributed by atoms with Gasteiger partial charge in [-0.25, -0.2) is 0 Å². The number of hydrogen-bond acceptors (Lipinski definition) is 4.